The molecule has 0 spiro atoms. The van der Waals surface area contributed by atoms with Gasteiger partial charge in [0.25, 0.3) is 11.8 Å². The van der Waals surface area contributed by atoms with Crippen LogP contribution in [0.15, 0.2) is 0 Å². The molecular formula is C4H4ClNO3. The largest absolute Gasteiger partial charge is 0.278 e. The maximum atomic E-state index is 10.4. The van der Waals surface area contributed by atoms with E-state index in [1.165, 1.54) is 0 Å². The van der Waals surface area contributed by atoms with E-state index in [2.05, 4.69) is 0 Å². The number of hydrogen-bond donors (Lipinski definition) is 1. The van der Waals surface area contributed by atoms with Gasteiger partial charge in [-0.05, 0) is 0 Å². The van der Waals surface area contributed by atoms with E-state index in [1.807, 2.05) is 0 Å². The zero-order valence-corrected chi connectivity index (χ0v) is 5.13. The number of hydroxylamine groups is 2. The van der Waals surface area contributed by atoms with Gasteiger partial charge >= 0.3 is 0 Å². The number of amides is 2. The maximum Gasteiger partial charge on any atom is 0.271 e. The fraction of sp³-hybridized carbons (Fsp3) is 0.500. The molecule has 1 unspecified atom stereocenters. The number of carbonyl (C=O) groups excluding carboxylic acids is 2. The highest BCUT2D eigenvalue weighted by Crippen LogP contribution is 2.15. The lowest BCUT2D eigenvalue weighted by atomic mass is 10.4. The second-order valence-electron chi connectivity index (χ2n) is 1.72. The molecule has 5 heteroatoms. The number of imide groups is 1. The van der Waals surface area contributed by atoms with Gasteiger partial charge in [0.05, 0.1) is 6.42 Å². The lowest BCUT2D eigenvalue weighted by molar-refractivity contribution is -0.171. The molecule has 4 nitrogen and oxygen atoms in total. The molecule has 1 rings (SSSR count). The fourth-order valence-corrected chi connectivity index (χ4v) is 0.807. The van der Waals surface area contributed by atoms with Crippen LogP contribution in [0.3, 0.4) is 0 Å². The third-order valence-electron chi connectivity index (χ3n) is 1.07. The molecule has 1 atom stereocenters. The van der Waals surface area contributed by atoms with Crippen molar-refractivity contribution >= 4 is 23.4 Å². The molecule has 1 N–H and O–H groups in total. The van der Waals surface area contributed by atoms with Gasteiger partial charge in [0.15, 0.2) is 0 Å². The molecule has 1 aliphatic rings. The number of hydrogen-bond acceptors (Lipinski definition) is 3. The van der Waals surface area contributed by atoms with Gasteiger partial charge in [0.2, 0.25) is 0 Å². The number of nitrogens with zero attached hydrogens (tertiary/aromatic N) is 1. The van der Waals surface area contributed by atoms with Crippen LogP contribution in [-0.2, 0) is 9.59 Å². The maximum absolute atomic E-state index is 10.4. The van der Waals surface area contributed by atoms with Gasteiger partial charge in [-0.15, -0.1) is 11.6 Å². The summed E-state index contributed by atoms with van der Waals surface area (Å²) in [5, 5.41) is 7.67. The first-order valence-corrected chi connectivity index (χ1v) is 2.76. The number of alkyl halides is 1. The average Bonchev–Trinajstić information content (AvgIpc) is 1.98. The van der Waals surface area contributed by atoms with Crippen molar-refractivity contribution in [3.05, 3.63) is 0 Å². The first kappa shape index (κ1) is 6.51. The van der Waals surface area contributed by atoms with E-state index in [9.17, 15) is 9.59 Å². The monoisotopic (exact) mass is 149 g/mol. The van der Waals surface area contributed by atoms with Crippen LogP contribution in [0.2, 0.25) is 0 Å². The lowest BCUT2D eigenvalue weighted by Crippen LogP contribution is -2.26. The molecule has 50 valence electrons. The van der Waals surface area contributed by atoms with Crippen LogP contribution in [0.25, 0.3) is 0 Å². The fourth-order valence-electron chi connectivity index (χ4n) is 0.583. The highest BCUT2D eigenvalue weighted by Gasteiger charge is 2.36. The Labute approximate surface area is 56.0 Å². The smallest absolute Gasteiger partial charge is 0.271 e. The average molecular weight is 150 g/mol. The zero-order valence-electron chi connectivity index (χ0n) is 4.37. The zero-order chi connectivity index (χ0) is 7.02. The second-order valence-corrected chi connectivity index (χ2v) is 2.24. The summed E-state index contributed by atoms with van der Waals surface area (Å²) >= 11 is 5.28. The molecule has 0 aliphatic carbocycles. The Morgan fingerprint density at radius 2 is 2.22 bits per heavy atom. The van der Waals surface area contributed by atoms with Gasteiger partial charge in [-0.2, -0.15) is 5.06 Å². The van der Waals surface area contributed by atoms with Gasteiger partial charge in [0.1, 0.15) is 5.38 Å². The predicted octanol–water partition coefficient (Wildman–Crippen LogP) is -0.258. The third kappa shape index (κ3) is 0.906. The van der Waals surface area contributed by atoms with Crippen molar-refractivity contribution in [2.45, 2.75) is 11.8 Å². The molecule has 2 amide bonds. The van der Waals surface area contributed by atoms with Crippen LogP contribution < -0.4 is 0 Å². The third-order valence-corrected chi connectivity index (χ3v) is 1.41. The van der Waals surface area contributed by atoms with Crippen molar-refractivity contribution in [3.8, 4) is 0 Å². The quantitative estimate of drug-likeness (QED) is 0.293. The molecule has 0 saturated carbocycles. The molecular weight excluding hydrogens is 146 g/mol. The molecule has 0 aromatic heterocycles. The van der Waals surface area contributed by atoms with Crippen molar-refractivity contribution in [2.75, 3.05) is 0 Å². The van der Waals surface area contributed by atoms with Crippen LogP contribution in [0.5, 0.6) is 0 Å². The highest BCUT2D eigenvalue weighted by molar-refractivity contribution is 6.34. The summed E-state index contributed by atoms with van der Waals surface area (Å²) in [6, 6.07) is 0. The van der Waals surface area contributed by atoms with Crippen LogP contribution in [-0.4, -0.2) is 27.5 Å². The van der Waals surface area contributed by atoms with Gasteiger partial charge < -0.3 is 0 Å². The summed E-state index contributed by atoms with van der Waals surface area (Å²) in [6.45, 7) is 0. The number of halogens is 1. The molecule has 1 saturated heterocycles. The molecule has 0 bridgehead atoms. The predicted molar refractivity (Wildman–Crippen MR) is 27.9 cm³/mol. The van der Waals surface area contributed by atoms with Crippen molar-refractivity contribution in [1.82, 2.24) is 5.06 Å². The second kappa shape index (κ2) is 1.97. The van der Waals surface area contributed by atoms with Gasteiger partial charge in [-0.3, -0.25) is 14.8 Å². The summed E-state index contributed by atoms with van der Waals surface area (Å²) in [5.74, 6) is -1.37. The summed E-state index contributed by atoms with van der Waals surface area (Å²) in [4.78, 5) is 20.8. The lowest BCUT2D eigenvalue weighted by Gasteiger charge is -1.99. The Bertz CT molecular complexity index is 169. The minimum atomic E-state index is -0.873. The molecule has 0 radical (unpaired) electrons. The topological polar surface area (TPSA) is 57.6 Å². The van der Waals surface area contributed by atoms with Crippen LogP contribution in [0.1, 0.15) is 6.42 Å². The van der Waals surface area contributed by atoms with Crippen molar-refractivity contribution < 1.29 is 14.8 Å². The van der Waals surface area contributed by atoms with Crippen molar-refractivity contribution in [2.24, 2.45) is 0 Å². The summed E-state index contributed by atoms with van der Waals surface area (Å²) in [5.41, 5.74) is 0. The molecule has 1 aliphatic heterocycles. The van der Waals surface area contributed by atoms with E-state index in [0.717, 1.165) is 0 Å². The van der Waals surface area contributed by atoms with Gasteiger partial charge in [0, 0.05) is 0 Å². The molecule has 1 fully saturated rings. The normalized spacial score (nSPS) is 27.8. The Morgan fingerprint density at radius 3 is 2.33 bits per heavy atom. The SMILES string of the molecule is O=C1CC(Cl)C(=O)N1O. The number of rotatable bonds is 0. The van der Waals surface area contributed by atoms with E-state index in [-0.39, 0.29) is 11.5 Å². The van der Waals surface area contributed by atoms with E-state index in [4.69, 9.17) is 16.8 Å². The van der Waals surface area contributed by atoms with Crippen molar-refractivity contribution in [3.63, 3.8) is 0 Å². The summed E-state index contributed by atoms with van der Waals surface area (Å²) < 4.78 is 0. The molecule has 9 heavy (non-hydrogen) atoms. The van der Waals surface area contributed by atoms with Crippen molar-refractivity contribution in [1.29, 1.82) is 0 Å². The van der Waals surface area contributed by atoms with E-state index in [0.29, 0.717) is 0 Å². The molecule has 0 aromatic rings. The van der Waals surface area contributed by atoms with E-state index >= 15 is 0 Å². The molecule has 1 heterocycles. The van der Waals surface area contributed by atoms with E-state index < -0.39 is 17.2 Å². The minimum Gasteiger partial charge on any atom is -0.278 e. The van der Waals surface area contributed by atoms with E-state index in [1.54, 1.807) is 0 Å². The number of carbonyl (C=O) groups is 2. The van der Waals surface area contributed by atoms with Crippen LogP contribution in [0, 0.1) is 0 Å². The summed E-state index contributed by atoms with van der Waals surface area (Å²) in [6.07, 6.45) is -0.100. The van der Waals surface area contributed by atoms with Gasteiger partial charge in [-0.25, -0.2) is 0 Å². The molecule has 0 aromatic carbocycles. The van der Waals surface area contributed by atoms with Crippen LogP contribution >= 0.6 is 11.6 Å². The first-order chi connectivity index (χ1) is 4.13. The Kier molecular flexibility index (Phi) is 1.42. The minimum absolute atomic E-state index is 0.0532. The Morgan fingerprint density at radius 1 is 1.67 bits per heavy atom. The highest BCUT2D eigenvalue weighted by atomic mass is 35.5. The van der Waals surface area contributed by atoms with Gasteiger partial charge in [-0.1, -0.05) is 0 Å². The Hall–Kier alpha value is -0.610. The Balaban J connectivity index is 2.77. The standard InChI is InChI=1S/C4H4ClNO3/c5-2-1-3(7)6(9)4(2)8/h2,9H,1H2. The summed E-state index contributed by atoms with van der Waals surface area (Å²) in [7, 11) is 0. The first-order valence-electron chi connectivity index (χ1n) is 2.32. The van der Waals surface area contributed by atoms with Crippen LogP contribution in [0.4, 0.5) is 0 Å².